The van der Waals surface area contributed by atoms with Crippen LogP contribution >= 0.6 is 0 Å². The predicted molar refractivity (Wildman–Crippen MR) is 216 cm³/mol. The third-order valence-corrected chi connectivity index (χ3v) is 13.8. The highest BCUT2D eigenvalue weighted by Crippen LogP contribution is 2.38. The molecule has 8 saturated heterocycles. The van der Waals surface area contributed by atoms with Gasteiger partial charge >= 0.3 is 0 Å². The van der Waals surface area contributed by atoms with Gasteiger partial charge in [0.1, 0.15) is 146 Å². The topological polar surface area (TPSA) is 503 Å². The minimum absolute atomic E-state index is 0.470. The Kier molecular flexibility index (Phi) is 19.6. The normalized spacial score (nSPS) is 53.8. The molecule has 0 radical (unpaired) electrons. The second-order valence-electron chi connectivity index (χ2n) is 18.6. The maximum Gasteiger partial charge on any atom is 0.187 e. The van der Waals surface area contributed by atoms with E-state index < -0.39 is 250 Å². The molecule has 18 N–H and O–H groups in total. The number of ether oxygens (including phenoxy) is 15. The van der Waals surface area contributed by atoms with Crippen molar-refractivity contribution in [1.82, 2.24) is 0 Å². The first-order valence-corrected chi connectivity index (χ1v) is 23.4. The number of aliphatic hydroxyl groups excluding tert-OH is 18. The van der Waals surface area contributed by atoms with E-state index in [1.54, 1.807) is 0 Å². The molecule has 0 unspecified atom stereocenters. The fraction of sp³-hybridized carbons (Fsp3) is 1.00. The summed E-state index contributed by atoms with van der Waals surface area (Å²) < 4.78 is 87.2. The Morgan fingerprint density at radius 1 is 0.274 bits per heavy atom. The molecule has 33 heteroatoms. The van der Waals surface area contributed by atoms with Gasteiger partial charge in [-0.3, -0.25) is 0 Å². The van der Waals surface area contributed by atoms with Gasteiger partial charge in [0, 0.05) is 0 Å². The summed E-state index contributed by atoms with van der Waals surface area (Å²) in [5, 5.41) is 190. The van der Waals surface area contributed by atoms with Crippen molar-refractivity contribution < 1.29 is 163 Å². The maximum atomic E-state index is 11.4. The minimum Gasteiger partial charge on any atom is -0.394 e. The van der Waals surface area contributed by atoms with Crippen molar-refractivity contribution in [3.8, 4) is 0 Å². The van der Waals surface area contributed by atoms with Crippen LogP contribution in [0, 0.1) is 0 Å². The molecule has 0 aromatic carbocycles. The van der Waals surface area contributed by atoms with Gasteiger partial charge < -0.3 is 163 Å². The van der Waals surface area contributed by atoms with Crippen LogP contribution in [-0.4, -0.2) is 342 Å². The lowest BCUT2D eigenvalue weighted by atomic mass is 10.0. The fourth-order valence-electron chi connectivity index (χ4n) is 9.42. The summed E-state index contributed by atoms with van der Waals surface area (Å²) >= 11 is 0. The van der Waals surface area contributed by atoms with Crippen LogP contribution in [-0.2, 0) is 71.1 Å². The smallest absolute Gasteiger partial charge is 0.187 e. The van der Waals surface area contributed by atoms with Crippen LogP contribution < -0.4 is 0 Å². The second-order valence-corrected chi connectivity index (χ2v) is 18.6. The zero-order chi connectivity index (χ0) is 52.7. The number of aliphatic hydroxyl groups is 18. The molecule has 32 atom stereocenters. The highest BCUT2D eigenvalue weighted by atomic mass is 16.8. The molecule has 8 aliphatic heterocycles. The molecule has 8 heterocycles. The predicted octanol–water partition coefficient (Wildman–Crippen LogP) is -13.3. The highest BCUT2D eigenvalue weighted by molar-refractivity contribution is 4.98. The first-order chi connectivity index (χ1) is 34.8. The van der Waals surface area contributed by atoms with Crippen LogP contribution in [0.15, 0.2) is 0 Å². The van der Waals surface area contributed by atoms with Gasteiger partial charge in [0.25, 0.3) is 0 Å². The van der Waals surface area contributed by atoms with Crippen LogP contribution in [0.25, 0.3) is 0 Å². The largest absolute Gasteiger partial charge is 0.394 e. The molecule has 424 valence electrons. The average molecular weight is 1070 g/mol. The number of rotatable bonds is 18. The van der Waals surface area contributed by atoms with Crippen molar-refractivity contribution in [3.63, 3.8) is 0 Å². The lowest BCUT2D eigenvalue weighted by molar-refractivity contribution is -0.391. The minimum atomic E-state index is -1.98. The molecule has 0 amide bonds. The number of hydrogen-bond acceptors (Lipinski definition) is 33. The standard InChI is InChI=1S/C40H66O33/c41-1-10-17(46)25(54)35(63-10)70-29-9(45)5-60-39(31(29)72-37-27(56)19(48)12(3-43)65-37)69-16-8-62-40(68-15-7-61-34(24(53)22(15)51)67-14-6-59-33(58)23(52)21(14)50)32(73-38-28(57)20(49)13(4-44)66-38)30(16)71-36-26(55)18(47)11(2-42)64-36/h9-58H,1-8H2/t9-,10+,11+,12+,13+,14-,15-,16-,17+,18+,19+,20+,21-,22+,23-,24-,25-,26-,27-,28-,29+,30+,31-,32-,33+,34+,35+,36+,37+,38+,39+,40+/m1/s1. The maximum absolute atomic E-state index is 11.4. The molecule has 0 saturated carbocycles. The van der Waals surface area contributed by atoms with Gasteiger partial charge in [0.05, 0.1) is 52.9 Å². The molecule has 0 aromatic rings. The van der Waals surface area contributed by atoms with E-state index in [0.717, 1.165) is 0 Å². The molecule has 0 bridgehead atoms. The van der Waals surface area contributed by atoms with Crippen LogP contribution in [0.3, 0.4) is 0 Å². The fourth-order valence-corrected chi connectivity index (χ4v) is 9.42. The van der Waals surface area contributed by atoms with E-state index >= 15 is 0 Å². The lowest BCUT2D eigenvalue weighted by Crippen LogP contribution is -2.65. The van der Waals surface area contributed by atoms with Gasteiger partial charge in [-0.1, -0.05) is 0 Å². The van der Waals surface area contributed by atoms with E-state index in [1.807, 2.05) is 0 Å². The second kappa shape index (κ2) is 24.8. The van der Waals surface area contributed by atoms with Crippen LogP contribution in [0.2, 0.25) is 0 Å². The molecular weight excluding hydrogens is 1010 g/mol. The van der Waals surface area contributed by atoms with Crippen molar-refractivity contribution in [2.45, 2.75) is 197 Å². The zero-order valence-electron chi connectivity index (χ0n) is 38.3. The summed E-state index contributed by atoms with van der Waals surface area (Å²) in [6, 6.07) is 0. The first kappa shape index (κ1) is 57.8. The Hall–Kier alpha value is -1.32. The van der Waals surface area contributed by atoms with Gasteiger partial charge in [0.2, 0.25) is 0 Å². The van der Waals surface area contributed by atoms with Crippen molar-refractivity contribution in [3.05, 3.63) is 0 Å². The van der Waals surface area contributed by atoms with Crippen molar-refractivity contribution in [2.24, 2.45) is 0 Å². The number of hydrogen-bond donors (Lipinski definition) is 18. The van der Waals surface area contributed by atoms with E-state index in [4.69, 9.17) is 71.1 Å². The Morgan fingerprint density at radius 3 is 1.03 bits per heavy atom. The summed E-state index contributed by atoms with van der Waals surface area (Å²) in [7, 11) is 0. The lowest BCUT2D eigenvalue weighted by Gasteiger charge is -2.48. The van der Waals surface area contributed by atoms with Gasteiger partial charge in [-0.15, -0.1) is 0 Å². The molecule has 8 aliphatic rings. The molecule has 33 nitrogen and oxygen atoms in total. The van der Waals surface area contributed by atoms with Crippen LogP contribution in [0.4, 0.5) is 0 Å². The molecule has 0 aromatic heterocycles. The summed E-state index contributed by atoms with van der Waals surface area (Å²) in [6.07, 6.45) is -56.0. The van der Waals surface area contributed by atoms with Gasteiger partial charge in [-0.05, 0) is 0 Å². The first-order valence-electron chi connectivity index (χ1n) is 23.4. The molecular formula is C40H66O33. The van der Waals surface area contributed by atoms with Gasteiger partial charge in [-0.25, -0.2) is 0 Å². The summed E-state index contributed by atoms with van der Waals surface area (Å²) in [5.41, 5.74) is 0. The third-order valence-electron chi connectivity index (χ3n) is 13.8. The van der Waals surface area contributed by atoms with Crippen LogP contribution in [0.1, 0.15) is 0 Å². The Labute approximate surface area is 412 Å². The van der Waals surface area contributed by atoms with Gasteiger partial charge in [-0.2, -0.15) is 0 Å². The van der Waals surface area contributed by atoms with E-state index in [-0.39, 0.29) is 0 Å². The molecule has 8 fully saturated rings. The Bertz CT molecular complexity index is 1710. The SMILES string of the molecule is OC[C@@H]1O[C@@H](O[C@@H]2[C@@H](O[C@@H]3O[C@@H](CO)[C@H](O)[C@H]3O)[C@H](O[C@@H]3CO[C@@H](O[C@@H]4CO[C@@H](O[C@@H]5CO[C@H](O)[C@H](O)[C@@H]5O)[C@H](O)[C@H]4O)[C@H](O[C@@H]4O[C@@H](CO)[C@H](O)[C@H]4O)[C@H]3O[C@@H]3O[C@@H](CO)[C@H](O)[C@H]3O)OC[C@H]2O)[C@H](O)[C@H]1O. The Morgan fingerprint density at radius 2 is 0.589 bits per heavy atom. The molecule has 8 rings (SSSR count). The molecule has 0 aliphatic carbocycles. The summed E-state index contributed by atoms with van der Waals surface area (Å²) in [5.74, 6) is 0. The zero-order valence-corrected chi connectivity index (χ0v) is 38.3. The van der Waals surface area contributed by atoms with E-state index in [9.17, 15) is 91.9 Å². The van der Waals surface area contributed by atoms with E-state index in [1.165, 1.54) is 0 Å². The highest BCUT2D eigenvalue weighted by Gasteiger charge is 2.58. The van der Waals surface area contributed by atoms with Crippen LogP contribution in [0.5, 0.6) is 0 Å². The summed E-state index contributed by atoms with van der Waals surface area (Å²) in [6.45, 7) is -5.76. The van der Waals surface area contributed by atoms with E-state index in [0.29, 0.717) is 0 Å². The monoisotopic (exact) mass is 1070 g/mol. The van der Waals surface area contributed by atoms with E-state index in [2.05, 4.69) is 0 Å². The quantitative estimate of drug-likeness (QED) is 0.0606. The molecule has 73 heavy (non-hydrogen) atoms. The van der Waals surface area contributed by atoms with Crippen molar-refractivity contribution in [2.75, 3.05) is 52.9 Å². The van der Waals surface area contributed by atoms with Gasteiger partial charge in [0.15, 0.2) is 50.3 Å². The van der Waals surface area contributed by atoms with Crippen molar-refractivity contribution >= 4 is 0 Å². The average Bonchev–Trinajstić information content (AvgIpc) is 4.02. The molecule has 0 spiro atoms. The van der Waals surface area contributed by atoms with Crippen molar-refractivity contribution in [1.29, 1.82) is 0 Å². The third kappa shape index (κ3) is 12.0. The summed E-state index contributed by atoms with van der Waals surface area (Å²) in [4.78, 5) is 0. The Balaban J connectivity index is 1.10.